The van der Waals surface area contributed by atoms with E-state index in [9.17, 15) is 26.4 Å². The molecule has 2 heterocycles. The molecule has 1 aromatic carbocycles. The van der Waals surface area contributed by atoms with E-state index in [-0.39, 0.29) is 18.0 Å². The van der Waals surface area contributed by atoms with Crippen molar-refractivity contribution in [1.82, 2.24) is 14.8 Å². The Bertz CT molecular complexity index is 980. The zero-order valence-corrected chi connectivity index (χ0v) is 16.8. The standard InChI is InChI=1S/C18H19F3N4O5S/c19-18(20,21)29-13-4-6-15(7-5-13)31(27,28)25-11-8-14(9-12-25)30-24-17(26)23-16-3-1-2-10-22-16/h1-7,10,14H,8-9,11-12H2,(H2,22,23,24,26). The number of rotatable bonds is 6. The van der Waals surface area contributed by atoms with Gasteiger partial charge in [0.1, 0.15) is 11.6 Å². The molecular formula is C18H19F3N4O5S. The Morgan fingerprint density at radius 3 is 2.35 bits per heavy atom. The highest BCUT2D eigenvalue weighted by Crippen LogP contribution is 2.26. The molecule has 2 amide bonds. The molecule has 0 radical (unpaired) electrons. The van der Waals surface area contributed by atoms with Gasteiger partial charge in [0.15, 0.2) is 0 Å². The number of hydrogen-bond acceptors (Lipinski definition) is 6. The second-order valence-corrected chi connectivity index (χ2v) is 8.45. The minimum Gasteiger partial charge on any atom is -0.406 e. The first-order chi connectivity index (χ1) is 14.6. The summed E-state index contributed by atoms with van der Waals surface area (Å²) in [6.45, 7) is 0.245. The molecule has 0 bridgehead atoms. The van der Waals surface area contributed by atoms with Gasteiger partial charge in [0, 0.05) is 19.3 Å². The Labute approximate surface area is 176 Å². The lowest BCUT2D eigenvalue weighted by Crippen LogP contribution is -2.43. The fourth-order valence-electron chi connectivity index (χ4n) is 2.87. The molecule has 1 aliphatic heterocycles. The molecule has 0 unspecified atom stereocenters. The van der Waals surface area contributed by atoms with Crippen LogP contribution < -0.4 is 15.5 Å². The molecule has 0 spiro atoms. The van der Waals surface area contributed by atoms with E-state index < -0.39 is 34.3 Å². The second kappa shape index (κ2) is 9.49. The number of hydrogen-bond donors (Lipinski definition) is 2. The number of alkyl halides is 3. The topological polar surface area (TPSA) is 110 Å². The van der Waals surface area contributed by atoms with Crippen molar-refractivity contribution in [2.24, 2.45) is 0 Å². The monoisotopic (exact) mass is 460 g/mol. The first-order valence-corrected chi connectivity index (χ1v) is 10.6. The minimum atomic E-state index is -4.86. The Balaban J connectivity index is 1.48. The summed E-state index contributed by atoms with van der Waals surface area (Å²) in [5.74, 6) is -0.162. The fourth-order valence-corrected chi connectivity index (χ4v) is 4.34. The number of urea groups is 1. The maximum Gasteiger partial charge on any atom is 0.573 e. The van der Waals surface area contributed by atoms with Gasteiger partial charge in [0.25, 0.3) is 0 Å². The molecule has 1 aliphatic rings. The minimum absolute atomic E-state index is 0.122. The summed E-state index contributed by atoms with van der Waals surface area (Å²) in [5, 5.41) is 2.48. The molecule has 168 valence electrons. The lowest BCUT2D eigenvalue weighted by atomic mass is 10.1. The van der Waals surface area contributed by atoms with Crippen molar-refractivity contribution >= 4 is 21.9 Å². The number of nitrogens with one attached hydrogen (secondary N) is 2. The molecule has 2 aromatic rings. The van der Waals surface area contributed by atoms with E-state index in [2.05, 4.69) is 20.5 Å². The number of ether oxygens (including phenoxy) is 1. The van der Waals surface area contributed by atoms with Crippen molar-refractivity contribution in [2.75, 3.05) is 18.4 Å². The van der Waals surface area contributed by atoms with E-state index in [0.29, 0.717) is 18.7 Å². The molecule has 1 saturated heterocycles. The van der Waals surface area contributed by atoms with Gasteiger partial charge in [-0.1, -0.05) is 6.07 Å². The van der Waals surface area contributed by atoms with Crippen LogP contribution in [0.15, 0.2) is 53.6 Å². The van der Waals surface area contributed by atoms with Gasteiger partial charge in [-0.25, -0.2) is 23.7 Å². The van der Waals surface area contributed by atoms with E-state index in [1.807, 2.05) is 0 Å². The van der Waals surface area contributed by atoms with Crippen LogP contribution in [0.4, 0.5) is 23.8 Å². The molecule has 0 aliphatic carbocycles. The molecule has 3 rings (SSSR count). The van der Waals surface area contributed by atoms with E-state index >= 15 is 0 Å². The Kier molecular flexibility index (Phi) is 6.97. The van der Waals surface area contributed by atoms with E-state index in [1.54, 1.807) is 18.2 Å². The highest BCUT2D eigenvalue weighted by Gasteiger charge is 2.32. The van der Waals surface area contributed by atoms with Crippen molar-refractivity contribution in [2.45, 2.75) is 30.2 Å². The second-order valence-electron chi connectivity index (χ2n) is 6.51. The smallest absolute Gasteiger partial charge is 0.406 e. The molecular weight excluding hydrogens is 441 g/mol. The normalized spacial score (nSPS) is 16.0. The first kappa shape index (κ1) is 22.8. The average molecular weight is 460 g/mol. The van der Waals surface area contributed by atoms with Gasteiger partial charge in [-0.05, 0) is 49.2 Å². The third-order valence-electron chi connectivity index (χ3n) is 4.32. The zero-order valence-electron chi connectivity index (χ0n) is 16.0. The van der Waals surface area contributed by atoms with E-state index in [4.69, 9.17) is 4.84 Å². The van der Waals surface area contributed by atoms with Gasteiger partial charge in [-0.2, -0.15) is 4.31 Å². The Hall–Kier alpha value is -2.90. The molecule has 9 nitrogen and oxygen atoms in total. The summed E-state index contributed by atoms with van der Waals surface area (Å²) in [7, 11) is -3.88. The van der Waals surface area contributed by atoms with Gasteiger partial charge >= 0.3 is 12.4 Å². The van der Waals surface area contributed by atoms with Crippen LogP contribution >= 0.6 is 0 Å². The Morgan fingerprint density at radius 2 is 1.77 bits per heavy atom. The molecule has 13 heteroatoms. The number of hydroxylamine groups is 1. The third kappa shape index (κ3) is 6.54. The van der Waals surface area contributed by atoms with Crippen LogP contribution in [-0.4, -0.2) is 49.3 Å². The highest BCUT2D eigenvalue weighted by molar-refractivity contribution is 7.89. The molecule has 2 N–H and O–H groups in total. The number of sulfonamides is 1. The Morgan fingerprint density at radius 1 is 1.10 bits per heavy atom. The molecule has 31 heavy (non-hydrogen) atoms. The lowest BCUT2D eigenvalue weighted by molar-refractivity contribution is -0.274. The average Bonchev–Trinajstić information content (AvgIpc) is 2.72. The van der Waals surface area contributed by atoms with Crippen LogP contribution in [0.5, 0.6) is 5.75 Å². The summed E-state index contributed by atoms with van der Waals surface area (Å²) in [4.78, 5) is 20.9. The van der Waals surface area contributed by atoms with Crippen molar-refractivity contribution < 1.29 is 36.0 Å². The van der Waals surface area contributed by atoms with Crippen LogP contribution in [0.25, 0.3) is 0 Å². The number of nitrogens with zero attached hydrogens (tertiary/aromatic N) is 2. The summed E-state index contributed by atoms with van der Waals surface area (Å²) in [6.07, 6.45) is -3.10. The number of anilines is 1. The van der Waals surface area contributed by atoms with Gasteiger partial charge in [0.05, 0.1) is 11.0 Å². The zero-order chi connectivity index (χ0) is 22.5. The molecule has 1 fully saturated rings. The number of amides is 2. The maximum atomic E-state index is 12.7. The number of piperidine rings is 1. The predicted molar refractivity (Wildman–Crippen MR) is 102 cm³/mol. The SMILES string of the molecule is O=C(NOC1CCN(S(=O)(=O)c2ccc(OC(F)(F)F)cc2)CC1)Nc1ccccn1. The predicted octanol–water partition coefficient (Wildman–Crippen LogP) is 2.89. The summed E-state index contributed by atoms with van der Waals surface area (Å²) < 4.78 is 67.0. The third-order valence-corrected chi connectivity index (χ3v) is 6.23. The van der Waals surface area contributed by atoms with E-state index in [0.717, 1.165) is 24.3 Å². The van der Waals surface area contributed by atoms with Crippen LogP contribution in [0.1, 0.15) is 12.8 Å². The van der Waals surface area contributed by atoms with Crippen molar-refractivity contribution in [3.63, 3.8) is 0 Å². The van der Waals surface area contributed by atoms with E-state index in [1.165, 1.54) is 10.5 Å². The largest absolute Gasteiger partial charge is 0.573 e. The first-order valence-electron chi connectivity index (χ1n) is 9.13. The maximum absolute atomic E-state index is 12.7. The van der Waals surface area contributed by atoms with Crippen molar-refractivity contribution in [3.8, 4) is 5.75 Å². The highest BCUT2D eigenvalue weighted by atomic mass is 32.2. The molecule has 0 atom stereocenters. The fraction of sp³-hybridized carbons (Fsp3) is 0.333. The summed E-state index contributed by atoms with van der Waals surface area (Å²) >= 11 is 0. The summed E-state index contributed by atoms with van der Waals surface area (Å²) in [6, 6.07) is 8.40. The van der Waals surface area contributed by atoms with Gasteiger partial charge in [-0.3, -0.25) is 10.2 Å². The molecule has 1 aromatic heterocycles. The van der Waals surface area contributed by atoms with Gasteiger partial charge in [-0.15, -0.1) is 13.2 Å². The van der Waals surface area contributed by atoms with Crippen LogP contribution in [0.2, 0.25) is 0 Å². The number of carbonyl (C=O) groups is 1. The quantitative estimate of drug-likeness (QED) is 0.642. The number of pyridine rings is 1. The number of benzene rings is 1. The van der Waals surface area contributed by atoms with Crippen LogP contribution in [-0.2, 0) is 14.9 Å². The number of halogens is 3. The van der Waals surface area contributed by atoms with Crippen LogP contribution in [0, 0.1) is 0 Å². The van der Waals surface area contributed by atoms with Crippen LogP contribution in [0.3, 0.4) is 0 Å². The van der Waals surface area contributed by atoms with Crippen molar-refractivity contribution in [1.29, 1.82) is 0 Å². The van der Waals surface area contributed by atoms with Crippen molar-refractivity contribution in [3.05, 3.63) is 48.7 Å². The number of aromatic nitrogens is 1. The molecule has 0 saturated carbocycles. The lowest BCUT2D eigenvalue weighted by Gasteiger charge is -2.30. The number of carbonyl (C=O) groups excluding carboxylic acids is 1. The summed E-state index contributed by atoms with van der Waals surface area (Å²) in [5.41, 5.74) is 2.25. The van der Waals surface area contributed by atoms with Gasteiger partial charge in [0.2, 0.25) is 10.0 Å². The van der Waals surface area contributed by atoms with Gasteiger partial charge < -0.3 is 4.74 Å².